The van der Waals surface area contributed by atoms with E-state index in [1.807, 2.05) is 25.1 Å². The van der Waals surface area contributed by atoms with Gasteiger partial charge in [0, 0.05) is 10.7 Å². The van der Waals surface area contributed by atoms with Crippen molar-refractivity contribution in [2.75, 3.05) is 12.4 Å². The molecule has 2 rings (SSSR count). The number of thiocarbonyl (C=S) groups is 1. The van der Waals surface area contributed by atoms with Crippen LogP contribution in [0.25, 0.3) is 0 Å². The molecule has 5 nitrogen and oxygen atoms in total. The minimum atomic E-state index is -0.399. The van der Waals surface area contributed by atoms with Crippen LogP contribution in [0.5, 0.6) is 5.75 Å². The van der Waals surface area contributed by atoms with Crippen molar-refractivity contribution in [3.8, 4) is 5.75 Å². The fourth-order valence-electron chi connectivity index (χ4n) is 2.39. The van der Waals surface area contributed by atoms with Gasteiger partial charge in [-0.05, 0) is 54.9 Å². The van der Waals surface area contributed by atoms with Crippen LogP contribution in [0.4, 0.5) is 5.69 Å². The maximum atomic E-state index is 12.3. The summed E-state index contributed by atoms with van der Waals surface area (Å²) < 4.78 is 5.17. The van der Waals surface area contributed by atoms with E-state index in [1.165, 1.54) is 13.2 Å². The summed E-state index contributed by atoms with van der Waals surface area (Å²) >= 11 is 11.2. The summed E-state index contributed by atoms with van der Waals surface area (Å²) in [6, 6.07) is 10.9. The Morgan fingerprint density at radius 2 is 2.00 bits per heavy atom. The number of carbonyl (C=O) groups is 1. The normalized spacial score (nSPS) is 10.1. The molecule has 0 spiro atoms. The first-order chi connectivity index (χ1) is 12.0. The number of nitrogens with one attached hydrogen (secondary N) is 3. The van der Waals surface area contributed by atoms with Crippen molar-refractivity contribution in [1.82, 2.24) is 10.9 Å². The van der Waals surface area contributed by atoms with Gasteiger partial charge < -0.3 is 10.1 Å². The van der Waals surface area contributed by atoms with Crippen molar-refractivity contribution in [1.29, 1.82) is 0 Å². The summed E-state index contributed by atoms with van der Waals surface area (Å²) in [7, 11) is 1.49. The number of methoxy groups -OCH3 is 1. The molecule has 0 radical (unpaired) electrons. The highest BCUT2D eigenvalue weighted by molar-refractivity contribution is 7.80. The molecule has 2 aromatic carbocycles. The number of carbonyl (C=O) groups excluding carboxylic acids is 1. The van der Waals surface area contributed by atoms with Crippen LogP contribution in [0.15, 0.2) is 36.4 Å². The topological polar surface area (TPSA) is 62.4 Å². The molecule has 7 heteroatoms. The van der Waals surface area contributed by atoms with Gasteiger partial charge in [0.1, 0.15) is 5.75 Å². The molecular formula is C18H20ClN3O2S. The minimum absolute atomic E-state index is 0.290. The number of ether oxygens (including phenoxy) is 1. The number of hydrogen-bond donors (Lipinski definition) is 3. The fraction of sp³-hybridized carbons (Fsp3) is 0.222. The van der Waals surface area contributed by atoms with Crippen molar-refractivity contribution < 1.29 is 9.53 Å². The first-order valence-electron chi connectivity index (χ1n) is 7.75. The van der Waals surface area contributed by atoms with E-state index in [1.54, 1.807) is 12.1 Å². The summed E-state index contributed by atoms with van der Waals surface area (Å²) in [5.74, 6) is 0.0266. The first-order valence-corrected chi connectivity index (χ1v) is 8.54. The van der Waals surface area contributed by atoms with Crippen LogP contribution in [0, 0.1) is 6.92 Å². The van der Waals surface area contributed by atoms with Gasteiger partial charge in [-0.25, -0.2) is 0 Å². The standard InChI is InChI=1S/C18H20ClN3O2S/c1-4-12-7-5-6-11(2)16(12)20-18(25)22-21-17(23)14-10-13(19)8-9-15(14)24-3/h5-10H,4H2,1-3H3,(H,21,23)(H2,20,22,25). The van der Waals surface area contributed by atoms with Crippen molar-refractivity contribution in [2.24, 2.45) is 0 Å². The summed E-state index contributed by atoms with van der Waals surface area (Å²) in [5, 5.41) is 3.86. The predicted molar refractivity (Wildman–Crippen MR) is 105 cm³/mol. The fourth-order valence-corrected chi connectivity index (χ4v) is 2.71. The van der Waals surface area contributed by atoms with Gasteiger partial charge >= 0.3 is 0 Å². The van der Waals surface area contributed by atoms with Crippen LogP contribution in [-0.4, -0.2) is 18.1 Å². The lowest BCUT2D eigenvalue weighted by molar-refractivity contribution is 0.0941. The Bertz CT molecular complexity index is 796. The highest BCUT2D eigenvalue weighted by Gasteiger charge is 2.13. The van der Waals surface area contributed by atoms with Gasteiger partial charge in [0.2, 0.25) is 0 Å². The third-order valence-electron chi connectivity index (χ3n) is 3.67. The Kier molecular flexibility index (Phi) is 6.61. The maximum Gasteiger partial charge on any atom is 0.273 e. The maximum absolute atomic E-state index is 12.3. The smallest absolute Gasteiger partial charge is 0.273 e. The molecule has 0 aliphatic carbocycles. The van der Waals surface area contributed by atoms with Crippen molar-refractivity contribution >= 4 is 40.5 Å². The molecule has 0 saturated heterocycles. The summed E-state index contributed by atoms with van der Waals surface area (Å²) in [6.45, 7) is 4.07. The molecule has 0 bridgehead atoms. The Balaban J connectivity index is 2.03. The Morgan fingerprint density at radius 3 is 2.68 bits per heavy atom. The second kappa shape index (κ2) is 8.69. The van der Waals surface area contributed by atoms with E-state index in [2.05, 4.69) is 23.1 Å². The van der Waals surface area contributed by atoms with Crippen LogP contribution in [-0.2, 0) is 6.42 Å². The van der Waals surface area contributed by atoms with Crippen LogP contribution < -0.4 is 20.9 Å². The van der Waals surface area contributed by atoms with E-state index in [0.29, 0.717) is 21.4 Å². The van der Waals surface area contributed by atoms with Crippen LogP contribution in [0.3, 0.4) is 0 Å². The molecule has 25 heavy (non-hydrogen) atoms. The first kappa shape index (κ1) is 19.0. The van der Waals surface area contributed by atoms with Crippen LogP contribution >= 0.6 is 23.8 Å². The largest absolute Gasteiger partial charge is 0.496 e. The van der Waals surface area contributed by atoms with E-state index in [4.69, 9.17) is 28.6 Å². The number of halogens is 1. The number of aryl methyl sites for hydroxylation is 2. The number of benzene rings is 2. The van der Waals surface area contributed by atoms with Gasteiger partial charge in [-0.2, -0.15) is 0 Å². The molecule has 0 heterocycles. The van der Waals surface area contributed by atoms with Gasteiger partial charge in [-0.3, -0.25) is 15.6 Å². The third-order valence-corrected chi connectivity index (χ3v) is 4.11. The number of para-hydroxylation sites is 1. The van der Waals surface area contributed by atoms with Crippen molar-refractivity contribution in [2.45, 2.75) is 20.3 Å². The average molecular weight is 378 g/mol. The molecular weight excluding hydrogens is 358 g/mol. The van der Waals surface area contributed by atoms with Gasteiger partial charge in [0.25, 0.3) is 5.91 Å². The van der Waals surface area contributed by atoms with E-state index in [9.17, 15) is 4.79 Å². The van der Waals surface area contributed by atoms with Crippen molar-refractivity contribution in [3.63, 3.8) is 0 Å². The number of hydrogen-bond acceptors (Lipinski definition) is 3. The average Bonchev–Trinajstić information content (AvgIpc) is 2.61. The van der Waals surface area contributed by atoms with Crippen LogP contribution in [0.1, 0.15) is 28.4 Å². The monoisotopic (exact) mass is 377 g/mol. The van der Waals surface area contributed by atoms with E-state index in [-0.39, 0.29) is 0 Å². The lowest BCUT2D eigenvalue weighted by atomic mass is 10.1. The zero-order chi connectivity index (χ0) is 18.4. The highest BCUT2D eigenvalue weighted by Crippen LogP contribution is 2.22. The minimum Gasteiger partial charge on any atom is -0.496 e. The quantitative estimate of drug-likeness (QED) is 0.558. The second-order valence-corrected chi connectivity index (χ2v) is 6.19. The Labute approximate surface area is 157 Å². The van der Waals surface area contributed by atoms with Crippen molar-refractivity contribution in [3.05, 3.63) is 58.1 Å². The predicted octanol–water partition coefficient (Wildman–Crippen LogP) is 3.85. The molecule has 0 atom stereocenters. The molecule has 2 aromatic rings. The molecule has 0 saturated carbocycles. The summed E-state index contributed by atoms with van der Waals surface area (Å²) in [4.78, 5) is 12.3. The molecule has 0 aliphatic heterocycles. The number of rotatable bonds is 4. The Morgan fingerprint density at radius 1 is 1.24 bits per heavy atom. The second-order valence-electron chi connectivity index (χ2n) is 5.34. The molecule has 1 amide bonds. The zero-order valence-electron chi connectivity index (χ0n) is 14.3. The summed E-state index contributed by atoms with van der Waals surface area (Å²) in [6.07, 6.45) is 0.874. The molecule has 0 unspecified atom stereocenters. The molecule has 0 aliphatic rings. The van der Waals surface area contributed by atoms with Gasteiger partial charge in [-0.15, -0.1) is 0 Å². The number of hydrazine groups is 1. The summed E-state index contributed by atoms with van der Waals surface area (Å²) in [5.41, 5.74) is 8.73. The van der Waals surface area contributed by atoms with E-state index < -0.39 is 5.91 Å². The van der Waals surface area contributed by atoms with Gasteiger partial charge in [0.15, 0.2) is 5.11 Å². The lowest BCUT2D eigenvalue weighted by Gasteiger charge is -2.16. The molecule has 0 fully saturated rings. The number of amides is 1. The zero-order valence-corrected chi connectivity index (χ0v) is 15.8. The molecule has 0 aromatic heterocycles. The van der Waals surface area contributed by atoms with E-state index in [0.717, 1.165) is 23.2 Å². The van der Waals surface area contributed by atoms with E-state index >= 15 is 0 Å². The Hall–Kier alpha value is -2.31. The molecule has 132 valence electrons. The van der Waals surface area contributed by atoms with Gasteiger partial charge in [-0.1, -0.05) is 36.7 Å². The number of anilines is 1. The molecule has 3 N–H and O–H groups in total. The van der Waals surface area contributed by atoms with Crippen LogP contribution in [0.2, 0.25) is 5.02 Å². The SMILES string of the molecule is CCc1cccc(C)c1NC(=S)NNC(=O)c1cc(Cl)ccc1OC. The van der Waals surface area contributed by atoms with Gasteiger partial charge in [0.05, 0.1) is 12.7 Å². The highest BCUT2D eigenvalue weighted by atomic mass is 35.5. The lowest BCUT2D eigenvalue weighted by Crippen LogP contribution is -2.44. The third kappa shape index (κ3) is 4.84.